The third kappa shape index (κ3) is 3.14. The van der Waals surface area contributed by atoms with Crippen molar-refractivity contribution in [2.75, 3.05) is 6.54 Å². The van der Waals surface area contributed by atoms with E-state index in [0.717, 1.165) is 30.6 Å². The molecule has 0 aromatic carbocycles. The molecule has 104 valence electrons. The van der Waals surface area contributed by atoms with E-state index in [1.807, 2.05) is 17.0 Å². The summed E-state index contributed by atoms with van der Waals surface area (Å²) in [6.45, 7) is 9.38. The first-order chi connectivity index (χ1) is 8.89. The van der Waals surface area contributed by atoms with Gasteiger partial charge in [0.05, 0.1) is 0 Å². The standard InChI is InChI=1S/C16H24N2O/c1-12-7-5-6-10-18(12)15(19)13-8-9-17-14(11-13)16(2,3)4/h8-9,11-12H,5-7,10H2,1-4H3/t12-/m1/s1. The number of hydrogen-bond donors (Lipinski definition) is 0. The van der Waals surface area contributed by atoms with E-state index in [4.69, 9.17) is 0 Å². The minimum Gasteiger partial charge on any atom is -0.336 e. The first kappa shape index (κ1) is 14.0. The monoisotopic (exact) mass is 260 g/mol. The molecule has 0 bridgehead atoms. The molecule has 2 rings (SSSR count). The third-order valence-corrected chi connectivity index (χ3v) is 3.84. The number of carbonyl (C=O) groups is 1. The van der Waals surface area contributed by atoms with Crippen molar-refractivity contribution in [3.05, 3.63) is 29.6 Å². The van der Waals surface area contributed by atoms with Crippen molar-refractivity contribution in [1.29, 1.82) is 0 Å². The van der Waals surface area contributed by atoms with Crippen molar-refractivity contribution in [2.45, 2.75) is 58.4 Å². The van der Waals surface area contributed by atoms with Crippen LogP contribution in [0.15, 0.2) is 18.3 Å². The van der Waals surface area contributed by atoms with Crippen molar-refractivity contribution in [1.82, 2.24) is 9.88 Å². The highest BCUT2D eigenvalue weighted by Gasteiger charge is 2.25. The zero-order valence-corrected chi connectivity index (χ0v) is 12.4. The molecular weight excluding hydrogens is 236 g/mol. The highest BCUT2D eigenvalue weighted by molar-refractivity contribution is 5.94. The smallest absolute Gasteiger partial charge is 0.254 e. The second-order valence-electron chi connectivity index (χ2n) is 6.52. The van der Waals surface area contributed by atoms with Gasteiger partial charge in [0, 0.05) is 35.5 Å². The Morgan fingerprint density at radius 3 is 2.74 bits per heavy atom. The summed E-state index contributed by atoms with van der Waals surface area (Å²) in [6.07, 6.45) is 5.22. The van der Waals surface area contributed by atoms with Crippen molar-refractivity contribution in [3.63, 3.8) is 0 Å². The van der Waals surface area contributed by atoms with E-state index in [-0.39, 0.29) is 11.3 Å². The Morgan fingerprint density at radius 1 is 1.37 bits per heavy atom. The molecule has 1 atom stereocenters. The van der Waals surface area contributed by atoms with Crippen molar-refractivity contribution in [2.24, 2.45) is 0 Å². The van der Waals surface area contributed by atoms with E-state index < -0.39 is 0 Å². The van der Waals surface area contributed by atoms with Crippen LogP contribution < -0.4 is 0 Å². The van der Waals surface area contributed by atoms with Gasteiger partial charge in [0.25, 0.3) is 5.91 Å². The highest BCUT2D eigenvalue weighted by atomic mass is 16.2. The summed E-state index contributed by atoms with van der Waals surface area (Å²) < 4.78 is 0. The largest absolute Gasteiger partial charge is 0.336 e. The zero-order chi connectivity index (χ0) is 14.0. The lowest BCUT2D eigenvalue weighted by Crippen LogP contribution is -2.42. The molecule has 1 fully saturated rings. The zero-order valence-electron chi connectivity index (χ0n) is 12.4. The maximum absolute atomic E-state index is 12.6. The molecule has 1 aromatic rings. The van der Waals surface area contributed by atoms with Crippen molar-refractivity contribution >= 4 is 5.91 Å². The van der Waals surface area contributed by atoms with Crippen LogP contribution in [0.1, 0.15) is 63.0 Å². The minimum atomic E-state index is -0.0240. The molecular formula is C16H24N2O. The van der Waals surface area contributed by atoms with Crippen LogP contribution >= 0.6 is 0 Å². The molecule has 1 aliphatic heterocycles. The van der Waals surface area contributed by atoms with Crippen LogP contribution in [-0.4, -0.2) is 28.4 Å². The lowest BCUT2D eigenvalue weighted by Gasteiger charge is -2.33. The molecule has 1 aliphatic rings. The number of carbonyl (C=O) groups excluding carboxylic acids is 1. The summed E-state index contributed by atoms with van der Waals surface area (Å²) in [5.74, 6) is 0.153. The summed E-state index contributed by atoms with van der Waals surface area (Å²) >= 11 is 0. The molecule has 2 heterocycles. The van der Waals surface area contributed by atoms with Crippen LogP contribution in [0.25, 0.3) is 0 Å². The van der Waals surface area contributed by atoms with E-state index in [0.29, 0.717) is 6.04 Å². The summed E-state index contributed by atoms with van der Waals surface area (Å²) in [5, 5.41) is 0. The molecule has 0 aliphatic carbocycles. The fraction of sp³-hybridized carbons (Fsp3) is 0.625. The van der Waals surface area contributed by atoms with Crippen molar-refractivity contribution in [3.8, 4) is 0 Å². The number of amides is 1. The van der Waals surface area contributed by atoms with Crippen LogP contribution in [0.4, 0.5) is 0 Å². The topological polar surface area (TPSA) is 33.2 Å². The quantitative estimate of drug-likeness (QED) is 0.775. The molecule has 0 radical (unpaired) electrons. The Morgan fingerprint density at radius 2 is 2.11 bits per heavy atom. The molecule has 0 unspecified atom stereocenters. The minimum absolute atomic E-state index is 0.0240. The first-order valence-corrected chi connectivity index (χ1v) is 7.17. The second-order valence-corrected chi connectivity index (χ2v) is 6.52. The molecule has 0 saturated carbocycles. The van der Waals surface area contributed by atoms with Gasteiger partial charge in [-0.1, -0.05) is 20.8 Å². The maximum Gasteiger partial charge on any atom is 0.254 e. The van der Waals surface area contributed by atoms with Gasteiger partial charge in [-0.25, -0.2) is 0 Å². The molecule has 19 heavy (non-hydrogen) atoms. The Hall–Kier alpha value is -1.38. The lowest BCUT2D eigenvalue weighted by atomic mass is 9.90. The number of piperidine rings is 1. The first-order valence-electron chi connectivity index (χ1n) is 7.17. The molecule has 1 aromatic heterocycles. The van der Waals surface area contributed by atoms with Gasteiger partial charge in [-0.3, -0.25) is 9.78 Å². The Bertz CT molecular complexity index is 462. The summed E-state index contributed by atoms with van der Waals surface area (Å²) in [4.78, 5) is 19.0. The Kier molecular flexibility index (Phi) is 3.93. The second kappa shape index (κ2) is 5.32. The van der Waals surface area contributed by atoms with Gasteiger partial charge in [0.2, 0.25) is 0 Å². The molecule has 0 spiro atoms. The van der Waals surface area contributed by atoms with E-state index >= 15 is 0 Å². The normalized spacial score (nSPS) is 20.4. The number of likely N-dealkylation sites (tertiary alicyclic amines) is 1. The van der Waals surface area contributed by atoms with E-state index in [9.17, 15) is 4.79 Å². The van der Waals surface area contributed by atoms with E-state index in [2.05, 4.69) is 32.7 Å². The van der Waals surface area contributed by atoms with Crippen LogP contribution in [-0.2, 0) is 5.41 Å². The predicted molar refractivity (Wildman–Crippen MR) is 77.3 cm³/mol. The number of aromatic nitrogens is 1. The maximum atomic E-state index is 12.6. The summed E-state index contributed by atoms with van der Waals surface area (Å²) in [7, 11) is 0. The van der Waals surface area contributed by atoms with Crippen LogP contribution in [0.3, 0.4) is 0 Å². The van der Waals surface area contributed by atoms with Gasteiger partial charge >= 0.3 is 0 Å². The molecule has 1 saturated heterocycles. The summed E-state index contributed by atoms with van der Waals surface area (Å²) in [5.41, 5.74) is 1.72. The number of pyridine rings is 1. The van der Waals surface area contributed by atoms with Gasteiger partial charge in [0.15, 0.2) is 0 Å². The third-order valence-electron chi connectivity index (χ3n) is 3.84. The highest BCUT2D eigenvalue weighted by Crippen LogP contribution is 2.23. The predicted octanol–water partition coefficient (Wildman–Crippen LogP) is 3.39. The number of hydrogen-bond acceptors (Lipinski definition) is 2. The van der Waals surface area contributed by atoms with Crippen LogP contribution in [0.2, 0.25) is 0 Å². The van der Waals surface area contributed by atoms with Gasteiger partial charge in [-0.2, -0.15) is 0 Å². The molecule has 0 N–H and O–H groups in total. The Labute approximate surface area is 116 Å². The van der Waals surface area contributed by atoms with Crippen LogP contribution in [0.5, 0.6) is 0 Å². The SMILES string of the molecule is C[C@@H]1CCCCN1C(=O)c1ccnc(C(C)(C)C)c1. The average molecular weight is 260 g/mol. The van der Waals surface area contributed by atoms with Gasteiger partial charge in [0.1, 0.15) is 0 Å². The van der Waals surface area contributed by atoms with Crippen molar-refractivity contribution < 1.29 is 4.79 Å². The number of nitrogens with zero attached hydrogens (tertiary/aromatic N) is 2. The fourth-order valence-electron chi connectivity index (χ4n) is 2.54. The van der Waals surface area contributed by atoms with Gasteiger partial charge < -0.3 is 4.90 Å². The Balaban J connectivity index is 2.24. The van der Waals surface area contributed by atoms with E-state index in [1.54, 1.807) is 6.20 Å². The fourth-order valence-corrected chi connectivity index (χ4v) is 2.54. The molecule has 3 heteroatoms. The number of rotatable bonds is 1. The molecule has 3 nitrogen and oxygen atoms in total. The van der Waals surface area contributed by atoms with Crippen LogP contribution in [0, 0.1) is 0 Å². The van der Waals surface area contributed by atoms with E-state index in [1.165, 1.54) is 6.42 Å². The van der Waals surface area contributed by atoms with Gasteiger partial charge in [-0.05, 0) is 38.3 Å². The average Bonchev–Trinajstić information content (AvgIpc) is 2.38. The van der Waals surface area contributed by atoms with Gasteiger partial charge in [-0.15, -0.1) is 0 Å². The summed E-state index contributed by atoms with van der Waals surface area (Å²) in [6, 6.07) is 4.13. The molecule has 1 amide bonds. The lowest BCUT2D eigenvalue weighted by molar-refractivity contribution is 0.0635.